The summed E-state index contributed by atoms with van der Waals surface area (Å²) in [6.45, 7) is 3.61. The second kappa shape index (κ2) is 9.19. The Morgan fingerprint density at radius 1 is 1.11 bits per heavy atom. The molecule has 2 heterocycles. The van der Waals surface area contributed by atoms with Crippen molar-refractivity contribution in [2.45, 2.75) is 44.6 Å². The maximum absolute atomic E-state index is 6.40. The van der Waals surface area contributed by atoms with Gasteiger partial charge >= 0.3 is 0 Å². The Morgan fingerprint density at radius 2 is 1.93 bits per heavy atom. The highest BCUT2D eigenvalue weighted by atomic mass is 35.5. The van der Waals surface area contributed by atoms with Gasteiger partial charge in [-0.05, 0) is 92.9 Å². The van der Waals surface area contributed by atoms with Crippen molar-refractivity contribution in [2.24, 2.45) is 5.92 Å². The predicted molar refractivity (Wildman–Crippen MR) is 118 cm³/mol. The van der Waals surface area contributed by atoms with Gasteiger partial charge in [0.2, 0.25) is 0 Å². The first-order valence-corrected chi connectivity index (χ1v) is 11.0. The SMILES string of the molecule is COc1ccc(Cl)c(CC2CCN(CCC3CCc4ccccc4N3)CC2)c1. The van der Waals surface area contributed by atoms with Gasteiger partial charge in [0, 0.05) is 23.3 Å². The first kappa shape index (κ1) is 19.6. The van der Waals surface area contributed by atoms with Gasteiger partial charge in [0.15, 0.2) is 0 Å². The summed E-state index contributed by atoms with van der Waals surface area (Å²) in [6.07, 6.45) is 7.27. The second-order valence-corrected chi connectivity index (χ2v) is 8.68. The molecule has 1 fully saturated rings. The van der Waals surface area contributed by atoms with Crippen molar-refractivity contribution in [1.29, 1.82) is 0 Å². The highest BCUT2D eigenvalue weighted by Crippen LogP contribution is 2.29. The third kappa shape index (κ3) is 4.82. The van der Waals surface area contributed by atoms with Gasteiger partial charge in [0.25, 0.3) is 0 Å². The molecule has 0 bridgehead atoms. The Hall–Kier alpha value is -1.71. The van der Waals surface area contributed by atoms with E-state index < -0.39 is 0 Å². The fourth-order valence-electron chi connectivity index (χ4n) is 4.62. The van der Waals surface area contributed by atoms with Gasteiger partial charge in [-0.1, -0.05) is 29.8 Å². The predicted octanol–water partition coefficient (Wildman–Crippen LogP) is 5.42. The van der Waals surface area contributed by atoms with E-state index in [2.05, 4.69) is 40.5 Å². The minimum atomic E-state index is 0.614. The third-order valence-corrected chi connectivity index (χ3v) is 6.77. The zero-order chi connectivity index (χ0) is 19.3. The van der Waals surface area contributed by atoms with Gasteiger partial charge < -0.3 is 15.0 Å². The van der Waals surface area contributed by atoms with Crippen molar-refractivity contribution in [3.63, 3.8) is 0 Å². The summed E-state index contributed by atoms with van der Waals surface area (Å²) in [7, 11) is 1.71. The zero-order valence-electron chi connectivity index (χ0n) is 16.8. The van der Waals surface area contributed by atoms with Gasteiger partial charge in [-0.2, -0.15) is 0 Å². The highest BCUT2D eigenvalue weighted by molar-refractivity contribution is 6.31. The highest BCUT2D eigenvalue weighted by Gasteiger charge is 2.22. The Balaban J connectivity index is 1.22. The summed E-state index contributed by atoms with van der Waals surface area (Å²) in [4.78, 5) is 2.64. The van der Waals surface area contributed by atoms with E-state index in [1.165, 1.54) is 68.6 Å². The van der Waals surface area contributed by atoms with Crippen molar-refractivity contribution in [3.8, 4) is 5.75 Å². The monoisotopic (exact) mass is 398 g/mol. The van der Waals surface area contributed by atoms with Gasteiger partial charge in [-0.25, -0.2) is 0 Å². The number of para-hydroxylation sites is 1. The molecule has 4 rings (SSSR count). The number of fused-ring (bicyclic) bond motifs is 1. The van der Waals surface area contributed by atoms with Crippen molar-refractivity contribution >= 4 is 17.3 Å². The molecule has 0 amide bonds. The summed E-state index contributed by atoms with van der Waals surface area (Å²) < 4.78 is 5.35. The van der Waals surface area contributed by atoms with E-state index in [9.17, 15) is 0 Å². The van der Waals surface area contributed by atoms with Crippen LogP contribution in [0.2, 0.25) is 5.02 Å². The molecule has 2 aromatic carbocycles. The summed E-state index contributed by atoms with van der Waals surface area (Å²) in [5.41, 5.74) is 4.04. The average molecular weight is 399 g/mol. The third-order valence-electron chi connectivity index (χ3n) is 6.40. The molecule has 1 saturated heterocycles. The van der Waals surface area contributed by atoms with Crippen LogP contribution in [0.15, 0.2) is 42.5 Å². The molecule has 2 aliphatic rings. The number of benzene rings is 2. The summed E-state index contributed by atoms with van der Waals surface area (Å²) >= 11 is 6.40. The van der Waals surface area contributed by atoms with Crippen LogP contribution >= 0.6 is 11.6 Å². The van der Waals surface area contributed by atoms with E-state index in [1.807, 2.05) is 12.1 Å². The van der Waals surface area contributed by atoms with Crippen molar-refractivity contribution in [1.82, 2.24) is 4.90 Å². The largest absolute Gasteiger partial charge is 0.497 e. The number of methoxy groups -OCH3 is 1. The number of likely N-dealkylation sites (tertiary alicyclic amines) is 1. The van der Waals surface area contributed by atoms with Gasteiger partial charge in [0.05, 0.1) is 7.11 Å². The Bertz CT molecular complexity index is 786. The zero-order valence-corrected chi connectivity index (χ0v) is 17.5. The molecule has 1 atom stereocenters. The molecule has 1 N–H and O–H groups in total. The lowest BCUT2D eigenvalue weighted by Gasteiger charge is -2.34. The fraction of sp³-hybridized carbons (Fsp3) is 0.500. The normalized spacial score (nSPS) is 20.4. The van der Waals surface area contributed by atoms with Crippen molar-refractivity contribution in [3.05, 3.63) is 58.6 Å². The maximum Gasteiger partial charge on any atom is 0.119 e. The molecule has 150 valence electrons. The van der Waals surface area contributed by atoms with E-state index in [4.69, 9.17) is 16.3 Å². The smallest absolute Gasteiger partial charge is 0.119 e. The number of piperidine rings is 1. The molecule has 28 heavy (non-hydrogen) atoms. The number of nitrogens with zero attached hydrogens (tertiary/aromatic N) is 1. The topological polar surface area (TPSA) is 24.5 Å². The number of ether oxygens (including phenoxy) is 1. The molecular weight excluding hydrogens is 368 g/mol. The van der Waals surface area contributed by atoms with Crippen LogP contribution < -0.4 is 10.1 Å². The minimum absolute atomic E-state index is 0.614. The molecule has 3 nitrogen and oxygen atoms in total. The lowest BCUT2D eigenvalue weighted by Crippen LogP contribution is -2.37. The molecule has 1 unspecified atom stereocenters. The van der Waals surface area contributed by atoms with E-state index >= 15 is 0 Å². The number of hydrogen-bond donors (Lipinski definition) is 1. The van der Waals surface area contributed by atoms with Crippen LogP contribution in [-0.2, 0) is 12.8 Å². The van der Waals surface area contributed by atoms with Crippen LogP contribution in [0.4, 0.5) is 5.69 Å². The van der Waals surface area contributed by atoms with E-state index in [0.29, 0.717) is 6.04 Å². The standard InChI is InChI=1S/C24H31ClN2O/c1-28-22-8-9-23(25)20(17-22)16-18-10-13-27(14-11-18)15-12-21-7-6-19-4-2-3-5-24(19)26-21/h2-5,8-9,17-18,21,26H,6-7,10-16H2,1H3. The fourth-order valence-corrected chi connectivity index (χ4v) is 4.81. The number of anilines is 1. The number of hydrogen-bond acceptors (Lipinski definition) is 3. The lowest BCUT2D eigenvalue weighted by atomic mass is 9.89. The quantitative estimate of drug-likeness (QED) is 0.703. The van der Waals surface area contributed by atoms with Gasteiger partial charge in [-0.3, -0.25) is 0 Å². The van der Waals surface area contributed by atoms with E-state index in [1.54, 1.807) is 7.11 Å². The molecule has 0 radical (unpaired) electrons. The summed E-state index contributed by atoms with van der Waals surface area (Å²) in [5, 5.41) is 4.61. The second-order valence-electron chi connectivity index (χ2n) is 8.27. The number of aryl methyl sites for hydroxylation is 1. The molecule has 0 aromatic heterocycles. The van der Waals surface area contributed by atoms with Crippen molar-refractivity contribution in [2.75, 3.05) is 32.1 Å². The summed E-state index contributed by atoms with van der Waals surface area (Å²) in [6, 6.07) is 15.3. The van der Waals surface area contributed by atoms with Gasteiger partial charge in [-0.15, -0.1) is 0 Å². The van der Waals surface area contributed by atoms with Crippen LogP contribution in [0.3, 0.4) is 0 Å². The van der Waals surface area contributed by atoms with E-state index in [-0.39, 0.29) is 0 Å². The Kier molecular flexibility index (Phi) is 6.43. The van der Waals surface area contributed by atoms with Crippen molar-refractivity contribution < 1.29 is 4.74 Å². The van der Waals surface area contributed by atoms with Crippen LogP contribution in [0, 0.1) is 5.92 Å². The first-order chi connectivity index (χ1) is 13.7. The van der Waals surface area contributed by atoms with E-state index in [0.717, 1.165) is 23.1 Å². The number of halogens is 1. The van der Waals surface area contributed by atoms with Crippen LogP contribution in [0.25, 0.3) is 0 Å². The molecule has 2 aromatic rings. The molecule has 4 heteroatoms. The molecule has 2 aliphatic heterocycles. The molecule has 0 aliphatic carbocycles. The van der Waals surface area contributed by atoms with Gasteiger partial charge in [0.1, 0.15) is 5.75 Å². The molecule has 0 saturated carbocycles. The lowest BCUT2D eigenvalue weighted by molar-refractivity contribution is 0.179. The average Bonchev–Trinajstić information content (AvgIpc) is 2.74. The number of rotatable bonds is 6. The number of nitrogens with one attached hydrogen (secondary N) is 1. The summed E-state index contributed by atoms with van der Waals surface area (Å²) in [5.74, 6) is 1.62. The van der Waals surface area contributed by atoms with Crippen LogP contribution in [0.5, 0.6) is 5.75 Å². The molecular formula is C24H31ClN2O. The molecule has 0 spiro atoms. The van der Waals surface area contributed by atoms with Crippen LogP contribution in [0.1, 0.15) is 36.8 Å². The Morgan fingerprint density at radius 3 is 2.75 bits per heavy atom. The maximum atomic E-state index is 6.40. The minimum Gasteiger partial charge on any atom is -0.497 e. The van der Waals surface area contributed by atoms with Crippen LogP contribution in [-0.4, -0.2) is 37.7 Å². The Labute approximate surface area is 174 Å². The first-order valence-electron chi connectivity index (χ1n) is 10.6.